The Morgan fingerprint density at radius 3 is 2.48 bits per heavy atom. The van der Waals surface area contributed by atoms with E-state index in [1.54, 1.807) is 0 Å². The summed E-state index contributed by atoms with van der Waals surface area (Å²) in [6, 6.07) is 6.30. The van der Waals surface area contributed by atoms with Gasteiger partial charge in [0.05, 0.1) is 26.4 Å². The third kappa shape index (κ3) is 6.66. The van der Waals surface area contributed by atoms with E-state index in [1.165, 1.54) is 5.69 Å². The lowest BCUT2D eigenvalue weighted by atomic mass is 10.2. The third-order valence-corrected chi connectivity index (χ3v) is 3.88. The van der Waals surface area contributed by atoms with E-state index in [4.69, 9.17) is 4.74 Å². The number of nitrogens with two attached hydrogens (primary N) is 1. The lowest BCUT2D eigenvalue weighted by molar-refractivity contribution is -0.557. The van der Waals surface area contributed by atoms with E-state index in [0.29, 0.717) is 6.61 Å². The van der Waals surface area contributed by atoms with Crippen molar-refractivity contribution in [1.82, 2.24) is 4.90 Å². The van der Waals surface area contributed by atoms with Crippen molar-refractivity contribution in [2.24, 2.45) is 5.10 Å². The van der Waals surface area contributed by atoms with Gasteiger partial charge in [0.15, 0.2) is 0 Å². The smallest absolute Gasteiger partial charge is 0.146 e. The summed E-state index contributed by atoms with van der Waals surface area (Å²) in [5, 5.41) is 8.40. The van der Waals surface area contributed by atoms with Gasteiger partial charge in [-0.15, -0.1) is 0 Å². The Hall–Kier alpha value is -2.21. The fourth-order valence-electron chi connectivity index (χ4n) is 2.47. The number of nitrogens with zero attached hydrogens (tertiary/aromatic N) is 4. The molecule has 0 bridgehead atoms. The Bertz CT molecular complexity index is 555. The first-order valence-electron chi connectivity index (χ1n) is 9.01. The molecule has 0 aliphatic carbocycles. The van der Waals surface area contributed by atoms with Crippen molar-refractivity contribution in [2.75, 3.05) is 57.3 Å². The summed E-state index contributed by atoms with van der Waals surface area (Å²) in [5.74, 6) is 0.861. The van der Waals surface area contributed by atoms with Crippen LogP contribution in [0.3, 0.4) is 0 Å². The summed E-state index contributed by atoms with van der Waals surface area (Å²) in [5.41, 5.74) is 2.14. The minimum atomic E-state index is 0.632. The molecule has 0 atom stereocenters. The predicted molar refractivity (Wildman–Crippen MR) is 108 cm³/mol. The Morgan fingerprint density at radius 2 is 1.88 bits per heavy atom. The minimum absolute atomic E-state index is 0.632. The third-order valence-electron chi connectivity index (χ3n) is 3.88. The Kier molecular flexibility index (Phi) is 9.47. The molecule has 2 N–H and O–H groups in total. The summed E-state index contributed by atoms with van der Waals surface area (Å²) in [7, 11) is 5.97. The normalized spacial score (nSPS) is 11.3. The second-order valence-corrected chi connectivity index (χ2v) is 5.69. The zero-order valence-corrected chi connectivity index (χ0v) is 16.6. The molecule has 140 valence electrons. The van der Waals surface area contributed by atoms with E-state index in [-0.39, 0.29) is 0 Å². The zero-order valence-electron chi connectivity index (χ0n) is 16.6. The number of hydrogen-bond donors (Lipinski definition) is 1. The van der Waals surface area contributed by atoms with E-state index in [9.17, 15) is 0 Å². The van der Waals surface area contributed by atoms with Crippen LogP contribution in [0.2, 0.25) is 0 Å². The van der Waals surface area contributed by atoms with E-state index in [0.717, 1.165) is 31.1 Å². The minimum Gasteiger partial charge on any atom is -0.492 e. The SMILES string of the molecule is CCOc1cc(N(CC)CC)ccc1N(C)/N=C/CN(C)/C=C\[NH2+]C. The van der Waals surface area contributed by atoms with Gasteiger partial charge in [0.2, 0.25) is 0 Å². The van der Waals surface area contributed by atoms with Crippen LogP contribution in [0.25, 0.3) is 0 Å². The molecule has 0 spiro atoms. The first-order valence-corrected chi connectivity index (χ1v) is 9.01. The maximum absolute atomic E-state index is 5.85. The highest BCUT2D eigenvalue weighted by atomic mass is 16.5. The summed E-state index contributed by atoms with van der Waals surface area (Å²) >= 11 is 0. The Balaban J connectivity index is 2.89. The molecule has 0 aromatic heterocycles. The summed E-state index contributed by atoms with van der Waals surface area (Å²) in [4.78, 5) is 4.38. The van der Waals surface area contributed by atoms with Gasteiger partial charge in [0.25, 0.3) is 0 Å². The van der Waals surface area contributed by atoms with Crippen LogP contribution in [0.1, 0.15) is 20.8 Å². The highest BCUT2D eigenvalue weighted by molar-refractivity contribution is 5.68. The van der Waals surface area contributed by atoms with Crippen LogP contribution in [0, 0.1) is 0 Å². The quantitative estimate of drug-likeness (QED) is 0.490. The summed E-state index contributed by atoms with van der Waals surface area (Å²) in [6.45, 7) is 9.66. The Labute approximate surface area is 152 Å². The molecule has 0 aliphatic heterocycles. The number of ether oxygens (including phenoxy) is 1. The number of anilines is 2. The van der Waals surface area contributed by atoms with Gasteiger partial charge in [-0.25, -0.2) is 0 Å². The first kappa shape index (κ1) is 20.8. The average molecular weight is 349 g/mol. The van der Waals surface area contributed by atoms with Gasteiger partial charge in [-0.2, -0.15) is 5.10 Å². The number of hydrazone groups is 1. The molecule has 6 heteroatoms. The van der Waals surface area contributed by atoms with Gasteiger partial charge in [-0.3, -0.25) is 5.01 Å². The summed E-state index contributed by atoms with van der Waals surface area (Å²) < 4.78 is 5.85. The van der Waals surface area contributed by atoms with Crippen LogP contribution < -0.4 is 20.0 Å². The molecule has 0 heterocycles. The maximum atomic E-state index is 5.85. The summed E-state index contributed by atoms with van der Waals surface area (Å²) in [6.07, 6.45) is 5.93. The molecule has 25 heavy (non-hydrogen) atoms. The van der Waals surface area contributed by atoms with E-state index >= 15 is 0 Å². The largest absolute Gasteiger partial charge is 0.492 e. The first-order chi connectivity index (χ1) is 12.1. The van der Waals surface area contributed by atoms with Crippen molar-refractivity contribution in [3.8, 4) is 5.75 Å². The highest BCUT2D eigenvalue weighted by Crippen LogP contribution is 2.32. The molecule has 0 fully saturated rings. The van der Waals surface area contributed by atoms with Gasteiger partial charge >= 0.3 is 0 Å². The number of hydrogen-bond acceptors (Lipinski definition) is 5. The topological polar surface area (TPSA) is 47.9 Å². The molecule has 0 radical (unpaired) electrons. The number of benzene rings is 1. The lowest BCUT2D eigenvalue weighted by Crippen LogP contribution is -2.72. The highest BCUT2D eigenvalue weighted by Gasteiger charge is 2.11. The van der Waals surface area contributed by atoms with Gasteiger partial charge in [0, 0.05) is 45.2 Å². The van der Waals surface area contributed by atoms with Gasteiger partial charge in [-0.1, -0.05) is 0 Å². The van der Waals surface area contributed by atoms with Gasteiger partial charge in [0.1, 0.15) is 17.6 Å². The van der Waals surface area contributed by atoms with Crippen LogP contribution in [-0.4, -0.2) is 58.5 Å². The van der Waals surface area contributed by atoms with Crippen molar-refractivity contribution in [3.63, 3.8) is 0 Å². The predicted octanol–water partition coefficient (Wildman–Crippen LogP) is 1.95. The molecular formula is C19H34N5O+. The van der Waals surface area contributed by atoms with Crippen molar-refractivity contribution in [3.05, 3.63) is 30.6 Å². The zero-order chi connectivity index (χ0) is 18.7. The molecule has 0 aliphatic rings. The van der Waals surface area contributed by atoms with Crippen LogP contribution in [0.15, 0.2) is 35.7 Å². The fraction of sp³-hybridized carbons (Fsp3) is 0.526. The standard InChI is InChI=1S/C19H33N5O/c1-7-24(8-2)17-10-11-18(19(16-17)25-9-3)23(6)21-13-15-22(5)14-12-20-4/h10-14,16,20H,7-9,15H2,1-6H3/p+1/b14-12-,21-13+. The average Bonchev–Trinajstić information content (AvgIpc) is 2.61. The Morgan fingerprint density at radius 1 is 1.16 bits per heavy atom. The number of quaternary nitrogens is 1. The molecule has 1 aromatic carbocycles. The molecule has 1 rings (SSSR count). The molecule has 0 unspecified atom stereocenters. The lowest BCUT2D eigenvalue weighted by Gasteiger charge is -2.24. The van der Waals surface area contributed by atoms with E-state index in [2.05, 4.69) is 46.9 Å². The molecule has 0 amide bonds. The molecule has 6 nitrogen and oxygen atoms in total. The van der Waals surface area contributed by atoms with E-state index < -0.39 is 0 Å². The maximum Gasteiger partial charge on any atom is 0.146 e. The van der Waals surface area contributed by atoms with Crippen molar-refractivity contribution < 1.29 is 10.1 Å². The second kappa shape index (κ2) is 11.4. The second-order valence-electron chi connectivity index (χ2n) is 5.69. The van der Waals surface area contributed by atoms with Crippen molar-refractivity contribution in [2.45, 2.75) is 20.8 Å². The van der Waals surface area contributed by atoms with Crippen LogP contribution in [0.5, 0.6) is 5.75 Å². The monoisotopic (exact) mass is 348 g/mol. The van der Waals surface area contributed by atoms with Gasteiger partial charge < -0.3 is 19.9 Å². The van der Waals surface area contributed by atoms with Gasteiger partial charge in [-0.05, 0) is 32.9 Å². The van der Waals surface area contributed by atoms with Crippen LogP contribution in [0.4, 0.5) is 11.4 Å². The molecule has 1 aromatic rings. The molecule has 0 saturated carbocycles. The number of rotatable bonds is 11. The van der Waals surface area contributed by atoms with E-state index in [1.807, 2.05) is 57.0 Å². The fourth-order valence-corrected chi connectivity index (χ4v) is 2.47. The van der Waals surface area contributed by atoms with Crippen molar-refractivity contribution in [1.29, 1.82) is 0 Å². The van der Waals surface area contributed by atoms with Crippen LogP contribution >= 0.6 is 0 Å². The van der Waals surface area contributed by atoms with Crippen LogP contribution in [-0.2, 0) is 0 Å². The molecule has 0 saturated heterocycles. The molecular weight excluding hydrogens is 314 g/mol. The van der Waals surface area contributed by atoms with Crippen molar-refractivity contribution >= 4 is 17.6 Å².